The minimum absolute atomic E-state index is 0.0669. The Kier molecular flexibility index (Phi) is 4.69. The summed E-state index contributed by atoms with van der Waals surface area (Å²) in [7, 11) is 0. The largest absolute Gasteiger partial charge is 0.508 e. The molecular formula is C29H35N3O3. The molecule has 3 heterocycles. The first-order chi connectivity index (χ1) is 16.9. The van der Waals surface area contributed by atoms with E-state index in [0.29, 0.717) is 19.4 Å². The van der Waals surface area contributed by atoms with Gasteiger partial charge in [0.2, 0.25) is 5.91 Å². The van der Waals surface area contributed by atoms with E-state index in [1.165, 1.54) is 18.4 Å². The Bertz CT molecular complexity index is 1160. The highest BCUT2D eigenvalue weighted by Crippen LogP contribution is 2.62. The zero-order chi connectivity index (χ0) is 23.8. The Hall–Kier alpha value is -2.44. The number of piperidine rings is 1. The minimum Gasteiger partial charge on any atom is -0.508 e. The molecule has 3 atom stereocenters. The van der Waals surface area contributed by atoms with Crippen LogP contribution in [0.15, 0.2) is 42.6 Å². The van der Waals surface area contributed by atoms with Crippen LogP contribution >= 0.6 is 0 Å². The number of hydrogen-bond donors (Lipinski definition) is 2. The van der Waals surface area contributed by atoms with Gasteiger partial charge < -0.3 is 15.1 Å². The predicted octanol–water partition coefficient (Wildman–Crippen LogP) is 3.19. The average Bonchev–Trinajstić information content (AvgIpc) is 3.76. The van der Waals surface area contributed by atoms with Crippen LogP contribution in [0.5, 0.6) is 5.75 Å². The Morgan fingerprint density at radius 3 is 2.66 bits per heavy atom. The van der Waals surface area contributed by atoms with Crippen molar-refractivity contribution in [1.29, 1.82) is 0 Å². The van der Waals surface area contributed by atoms with Crippen LogP contribution < -0.4 is 0 Å². The summed E-state index contributed by atoms with van der Waals surface area (Å²) >= 11 is 0. The van der Waals surface area contributed by atoms with Crippen LogP contribution in [0.1, 0.15) is 61.8 Å². The fourth-order valence-corrected chi connectivity index (χ4v) is 7.87. The SMILES string of the molecule is O=C(Cc1ccccn1)N1CCC23CCN(CC4CC4)C(Cc4ccc(O)cc42)C3(O)CC12CC2. The smallest absolute Gasteiger partial charge is 0.229 e. The molecule has 6 heteroatoms. The van der Waals surface area contributed by atoms with Crippen molar-refractivity contribution >= 4 is 5.91 Å². The van der Waals surface area contributed by atoms with Crippen LogP contribution in [0.2, 0.25) is 0 Å². The lowest BCUT2D eigenvalue weighted by atomic mass is 9.52. The topological polar surface area (TPSA) is 76.9 Å². The Balaban J connectivity index is 1.29. The van der Waals surface area contributed by atoms with Crippen LogP contribution in [-0.4, -0.2) is 67.7 Å². The summed E-state index contributed by atoms with van der Waals surface area (Å²) in [5.74, 6) is 1.16. The Labute approximate surface area is 207 Å². The van der Waals surface area contributed by atoms with Gasteiger partial charge in [-0.05, 0) is 92.8 Å². The van der Waals surface area contributed by atoms with Crippen LogP contribution in [0, 0.1) is 5.92 Å². The van der Waals surface area contributed by atoms with Gasteiger partial charge in [-0.3, -0.25) is 14.7 Å². The molecule has 184 valence electrons. The maximum absolute atomic E-state index is 13.6. The van der Waals surface area contributed by atoms with Crippen molar-refractivity contribution in [2.24, 2.45) is 5.92 Å². The summed E-state index contributed by atoms with van der Waals surface area (Å²) in [5.41, 5.74) is 1.60. The number of aromatic nitrogens is 1. The lowest BCUT2D eigenvalue weighted by molar-refractivity contribution is -0.155. The summed E-state index contributed by atoms with van der Waals surface area (Å²) in [6, 6.07) is 11.6. The molecule has 6 nitrogen and oxygen atoms in total. The number of carbonyl (C=O) groups excluding carboxylic acids is 1. The zero-order valence-corrected chi connectivity index (χ0v) is 20.3. The van der Waals surface area contributed by atoms with E-state index in [-0.39, 0.29) is 23.2 Å². The average molecular weight is 474 g/mol. The number of aliphatic hydroxyl groups is 1. The molecule has 1 amide bonds. The molecule has 1 aromatic heterocycles. The number of hydrogen-bond acceptors (Lipinski definition) is 5. The molecule has 2 bridgehead atoms. The number of rotatable bonds is 4. The molecule has 3 aliphatic carbocycles. The van der Waals surface area contributed by atoms with Crippen LogP contribution in [0.4, 0.5) is 0 Å². The third-order valence-corrected chi connectivity index (χ3v) is 9.98. The molecule has 1 aromatic carbocycles. The molecule has 2 saturated carbocycles. The molecule has 2 aromatic rings. The van der Waals surface area contributed by atoms with E-state index in [1.54, 1.807) is 12.3 Å². The maximum Gasteiger partial charge on any atom is 0.229 e. The van der Waals surface area contributed by atoms with Crippen molar-refractivity contribution in [2.45, 2.75) is 80.4 Å². The fraction of sp³-hybridized carbons (Fsp3) is 0.586. The van der Waals surface area contributed by atoms with Gasteiger partial charge in [-0.1, -0.05) is 12.1 Å². The molecule has 5 aliphatic rings. The highest BCUT2D eigenvalue weighted by atomic mass is 16.3. The van der Waals surface area contributed by atoms with Crippen molar-refractivity contribution in [1.82, 2.24) is 14.8 Å². The number of phenols is 1. The standard InChI is InChI=1S/C29H35N3O3/c33-23-7-6-21-15-25-29(35)19-27(8-9-27)32(26(34)16-22-3-1-2-12-30-22)14-11-28(29,24(21)17-23)10-13-31(25)18-20-4-5-20/h1-3,6-7,12,17,20,25,33,35H,4-5,8-11,13-16,18-19H2. The number of phenolic OH excluding ortho intramolecular Hbond substituents is 1. The molecular weight excluding hydrogens is 438 g/mol. The number of fused-ring (bicyclic) bond motifs is 1. The summed E-state index contributed by atoms with van der Waals surface area (Å²) in [4.78, 5) is 22.7. The van der Waals surface area contributed by atoms with E-state index in [4.69, 9.17) is 0 Å². The first-order valence-corrected chi connectivity index (χ1v) is 13.4. The molecule has 4 fully saturated rings. The van der Waals surface area contributed by atoms with Gasteiger partial charge in [0.1, 0.15) is 5.75 Å². The van der Waals surface area contributed by atoms with E-state index in [1.807, 2.05) is 24.3 Å². The summed E-state index contributed by atoms with van der Waals surface area (Å²) in [5, 5.41) is 23.3. The summed E-state index contributed by atoms with van der Waals surface area (Å²) in [6.07, 6.45) is 9.65. The number of aromatic hydroxyl groups is 1. The molecule has 35 heavy (non-hydrogen) atoms. The lowest BCUT2D eigenvalue weighted by Gasteiger charge is -2.62. The van der Waals surface area contributed by atoms with E-state index < -0.39 is 11.0 Å². The molecule has 2 saturated heterocycles. The molecule has 2 aliphatic heterocycles. The highest BCUT2D eigenvalue weighted by Gasteiger charge is 2.69. The van der Waals surface area contributed by atoms with E-state index in [0.717, 1.165) is 62.4 Å². The molecule has 1 spiro atoms. The number of nitrogens with zero attached hydrogens (tertiary/aromatic N) is 3. The maximum atomic E-state index is 13.6. The van der Waals surface area contributed by atoms with Gasteiger partial charge in [-0.2, -0.15) is 0 Å². The Morgan fingerprint density at radius 1 is 1.09 bits per heavy atom. The molecule has 2 N–H and O–H groups in total. The summed E-state index contributed by atoms with van der Waals surface area (Å²) < 4.78 is 0. The quantitative estimate of drug-likeness (QED) is 0.713. The van der Waals surface area contributed by atoms with Gasteiger partial charge in [-0.25, -0.2) is 0 Å². The highest BCUT2D eigenvalue weighted by molar-refractivity contribution is 5.80. The number of likely N-dealkylation sites (tertiary alicyclic amines) is 2. The second-order valence-corrected chi connectivity index (χ2v) is 12.0. The number of benzene rings is 1. The zero-order valence-electron chi connectivity index (χ0n) is 20.3. The summed E-state index contributed by atoms with van der Waals surface area (Å²) in [6.45, 7) is 2.71. The second-order valence-electron chi connectivity index (χ2n) is 12.0. The second kappa shape index (κ2) is 7.53. The monoisotopic (exact) mass is 473 g/mol. The first-order valence-electron chi connectivity index (χ1n) is 13.4. The van der Waals surface area contributed by atoms with E-state index >= 15 is 0 Å². The molecule has 3 unspecified atom stereocenters. The number of pyridine rings is 1. The third kappa shape index (κ3) is 3.29. The van der Waals surface area contributed by atoms with Gasteiger partial charge >= 0.3 is 0 Å². The van der Waals surface area contributed by atoms with Crippen molar-refractivity contribution in [3.63, 3.8) is 0 Å². The molecule has 7 rings (SSSR count). The van der Waals surface area contributed by atoms with Crippen LogP contribution in [0.3, 0.4) is 0 Å². The van der Waals surface area contributed by atoms with Gasteiger partial charge in [0.25, 0.3) is 0 Å². The fourth-order valence-electron chi connectivity index (χ4n) is 7.87. The van der Waals surface area contributed by atoms with Crippen LogP contribution in [0.25, 0.3) is 0 Å². The van der Waals surface area contributed by atoms with Gasteiger partial charge in [0.05, 0.1) is 12.0 Å². The predicted molar refractivity (Wildman–Crippen MR) is 132 cm³/mol. The van der Waals surface area contributed by atoms with Gasteiger partial charge in [-0.15, -0.1) is 0 Å². The number of amides is 1. The minimum atomic E-state index is -0.905. The third-order valence-electron chi connectivity index (χ3n) is 9.98. The van der Waals surface area contributed by atoms with Crippen molar-refractivity contribution in [2.75, 3.05) is 19.6 Å². The van der Waals surface area contributed by atoms with Crippen molar-refractivity contribution in [3.05, 3.63) is 59.4 Å². The van der Waals surface area contributed by atoms with Gasteiger partial charge in [0.15, 0.2) is 0 Å². The first kappa shape index (κ1) is 21.8. The number of carbonyl (C=O) groups is 1. The van der Waals surface area contributed by atoms with Crippen molar-refractivity contribution in [3.8, 4) is 5.75 Å². The van der Waals surface area contributed by atoms with E-state index in [9.17, 15) is 15.0 Å². The molecule has 0 radical (unpaired) electrons. The van der Waals surface area contributed by atoms with Gasteiger partial charge in [0, 0.05) is 48.4 Å². The lowest BCUT2D eigenvalue weighted by Crippen LogP contribution is -2.72. The van der Waals surface area contributed by atoms with Crippen molar-refractivity contribution < 1.29 is 15.0 Å². The van der Waals surface area contributed by atoms with E-state index in [2.05, 4.69) is 20.9 Å². The Morgan fingerprint density at radius 2 is 1.91 bits per heavy atom. The van der Waals surface area contributed by atoms with Crippen LogP contribution in [-0.2, 0) is 23.1 Å². The normalized spacial score (nSPS) is 33.1.